The molecule has 2 aromatic rings. The number of hydroxylamine groups is 1. The number of aromatic nitrogens is 3. The van der Waals surface area contributed by atoms with E-state index in [1.807, 2.05) is 38.1 Å². The minimum absolute atomic E-state index is 0.115. The number of carbonyl (C=O) groups excluding carboxylic acids is 1. The molecular formula is C17H22N4O3. The maximum atomic E-state index is 12.0. The van der Waals surface area contributed by atoms with E-state index < -0.39 is 0 Å². The molecule has 1 aromatic heterocycles. The van der Waals surface area contributed by atoms with Gasteiger partial charge in [0.1, 0.15) is 0 Å². The van der Waals surface area contributed by atoms with Crippen molar-refractivity contribution in [3.63, 3.8) is 0 Å². The third kappa shape index (κ3) is 3.98. The van der Waals surface area contributed by atoms with Gasteiger partial charge in [-0.3, -0.25) is 4.79 Å². The molecule has 1 N–H and O–H groups in total. The number of carbonyl (C=O) groups is 1. The van der Waals surface area contributed by atoms with Gasteiger partial charge in [0.2, 0.25) is 5.91 Å². The number of rotatable bonds is 5. The summed E-state index contributed by atoms with van der Waals surface area (Å²) in [6.07, 6.45) is 2.64. The van der Waals surface area contributed by atoms with Crippen molar-refractivity contribution in [2.75, 3.05) is 6.61 Å². The van der Waals surface area contributed by atoms with Crippen molar-refractivity contribution in [3.05, 3.63) is 41.2 Å². The molecule has 1 aromatic carbocycles. The summed E-state index contributed by atoms with van der Waals surface area (Å²) in [5, 5.41) is 8.25. The normalized spacial score (nSPS) is 17.7. The first-order valence-corrected chi connectivity index (χ1v) is 8.18. The Morgan fingerprint density at radius 3 is 2.83 bits per heavy atom. The molecule has 0 bridgehead atoms. The van der Waals surface area contributed by atoms with Crippen molar-refractivity contribution >= 4 is 5.91 Å². The Hall–Kier alpha value is -2.25. The predicted octanol–water partition coefficient (Wildman–Crippen LogP) is 2.00. The van der Waals surface area contributed by atoms with E-state index in [0.717, 1.165) is 30.6 Å². The zero-order valence-electron chi connectivity index (χ0n) is 14.0. The topological polar surface area (TPSA) is 78.3 Å². The number of hydrogen-bond acceptors (Lipinski definition) is 5. The van der Waals surface area contributed by atoms with Gasteiger partial charge in [-0.05, 0) is 38.8 Å². The molecule has 0 saturated carbocycles. The number of nitrogens with zero attached hydrogens (tertiary/aromatic N) is 3. The van der Waals surface area contributed by atoms with E-state index >= 15 is 0 Å². The van der Waals surface area contributed by atoms with Crippen LogP contribution in [0.3, 0.4) is 0 Å². The van der Waals surface area contributed by atoms with Crippen LogP contribution >= 0.6 is 0 Å². The molecule has 7 nitrogen and oxygen atoms in total. The Labute approximate surface area is 140 Å². The average molecular weight is 330 g/mol. The first kappa shape index (κ1) is 16.6. The first-order chi connectivity index (χ1) is 11.6. The lowest BCUT2D eigenvalue weighted by molar-refractivity contribution is -0.200. The molecule has 1 fully saturated rings. The van der Waals surface area contributed by atoms with E-state index in [1.165, 1.54) is 5.56 Å². The van der Waals surface area contributed by atoms with Crippen LogP contribution in [0.4, 0.5) is 0 Å². The van der Waals surface area contributed by atoms with Crippen LogP contribution in [0.25, 0.3) is 5.69 Å². The highest BCUT2D eigenvalue weighted by Gasteiger charge is 2.18. The molecule has 0 unspecified atom stereocenters. The number of nitrogens with one attached hydrogen (secondary N) is 1. The van der Waals surface area contributed by atoms with Gasteiger partial charge >= 0.3 is 0 Å². The van der Waals surface area contributed by atoms with Crippen molar-refractivity contribution in [2.45, 2.75) is 45.8 Å². The summed E-state index contributed by atoms with van der Waals surface area (Å²) in [5.74, 6) is -0.261. The Balaban J connectivity index is 1.59. The fourth-order valence-electron chi connectivity index (χ4n) is 2.58. The van der Waals surface area contributed by atoms with Crippen molar-refractivity contribution in [1.82, 2.24) is 20.5 Å². The lowest BCUT2D eigenvalue weighted by atomic mass is 10.2. The number of amides is 1. The molecular weight excluding hydrogens is 308 g/mol. The van der Waals surface area contributed by atoms with Crippen LogP contribution in [0.2, 0.25) is 0 Å². The SMILES string of the molecule is Cc1ccc(-n2nnc(CC(=O)NO[C@@H]3CCCCO3)c2C)cc1. The molecule has 0 radical (unpaired) electrons. The third-order valence-electron chi connectivity index (χ3n) is 4.04. The Morgan fingerprint density at radius 1 is 1.33 bits per heavy atom. The molecule has 0 aliphatic carbocycles. The molecule has 1 saturated heterocycles. The van der Waals surface area contributed by atoms with Gasteiger partial charge in [-0.15, -0.1) is 5.10 Å². The van der Waals surface area contributed by atoms with Crippen LogP contribution in [0.1, 0.15) is 36.2 Å². The van der Waals surface area contributed by atoms with E-state index in [9.17, 15) is 4.79 Å². The van der Waals surface area contributed by atoms with Crippen LogP contribution in [0.15, 0.2) is 24.3 Å². The van der Waals surface area contributed by atoms with Crippen molar-refractivity contribution in [1.29, 1.82) is 0 Å². The molecule has 1 aliphatic heterocycles. The van der Waals surface area contributed by atoms with E-state index in [0.29, 0.717) is 12.3 Å². The monoisotopic (exact) mass is 330 g/mol. The first-order valence-electron chi connectivity index (χ1n) is 8.18. The van der Waals surface area contributed by atoms with Gasteiger partial charge in [0.25, 0.3) is 0 Å². The number of hydrogen-bond donors (Lipinski definition) is 1. The van der Waals surface area contributed by atoms with Crippen LogP contribution < -0.4 is 5.48 Å². The standard InChI is InChI=1S/C17H22N4O3/c1-12-6-8-14(9-7-12)21-13(2)15(18-20-21)11-16(22)19-24-17-5-3-4-10-23-17/h6-9,17H,3-5,10-11H2,1-2H3,(H,19,22)/t17-/m1/s1. The lowest BCUT2D eigenvalue weighted by Gasteiger charge is -2.21. The van der Waals surface area contributed by atoms with Crippen LogP contribution in [0, 0.1) is 13.8 Å². The second-order valence-electron chi connectivity index (χ2n) is 5.98. The van der Waals surface area contributed by atoms with Crippen molar-refractivity contribution < 1.29 is 14.4 Å². The predicted molar refractivity (Wildman–Crippen MR) is 87.4 cm³/mol. The van der Waals surface area contributed by atoms with E-state index in [-0.39, 0.29) is 18.6 Å². The maximum Gasteiger partial charge on any atom is 0.249 e. The Morgan fingerprint density at radius 2 is 2.12 bits per heavy atom. The van der Waals surface area contributed by atoms with E-state index in [4.69, 9.17) is 9.57 Å². The van der Waals surface area contributed by atoms with Crippen LogP contribution in [-0.2, 0) is 20.8 Å². The van der Waals surface area contributed by atoms with Gasteiger partial charge in [0.15, 0.2) is 6.29 Å². The fourth-order valence-corrected chi connectivity index (χ4v) is 2.58. The zero-order chi connectivity index (χ0) is 16.9. The molecule has 24 heavy (non-hydrogen) atoms. The van der Waals surface area contributed by atoms with Crippen molar-refractivity contribution in [2.24, 2.45) is 0 Å². The smallest absolute Gasteiger partial charge is 0.249 e. The minimum Gasteiger partial charge on any atom is -0.350 e. The molecule has 0 spiro atoms. The summed E-state index contributed by atoms with van der Waals surface area (Å²) in [6, 6.07) is 7.98. The van der Waals surface area contributed by atoms with E-state index in [2.05, 4.69) is 15.8 Å². The van der Waals surface area contributed by atoms with Gasteiger partial charge in [-0.2, -0.15) is 0 Å². The summed E-state index contributed by atoms with van der Waals surface area (Å²) in [7, 11) is 0. The molecule has 128 valence electrons. The molecule has 3 rings (SSSR count). The highest BCUT2D eigenvalue weighted by Crippen LogP contribution is 2.14. The molecule has 1 aliphatic rings. The number of aryl methyl sites for hydroxylation is 1. The van der Waals surface area contributed by atoms with Gasteiger partial charge in [-0.25, -0.2) is 15.0 Å². The number of ether oxygens (including phenoxy) is 1. The summed E-state index contributed by atoms with van der Waals surface area (Å²) < 4.78 is 7.13. The summed E-state index contributed by atoms with van der Waals surface area (Å²) in [6.45, 7) is 4.60. The molecule has 1 amide bonds. The van der Waals surface area contributed by atoms with Gasteiger partial charge in [-0.1, -0.05) is 22.9 Å². The van der Waals surface area contributed by atoms with Gasteiger partial charge < -0.3 is 4.74 Å². The fraction of sp³-hybridized carbons (Fsp3) is 0.471. The highest BCUT2D eigenvalue weighted by molar-refractivity contribution is 5.77. The Bertz CT molecular complexity index is 690. The van der Waals surface area contributed by atoms with Crippen LogP contribution in [0.5, 0.6) is 0 Å². The van der Waals surface area contributed by atoms with Gasteiger partial charge in [0.05, 0.1) is 23.5 Å². The largest absolute Gasteiger partial charge is 0.350 e. The summed E-state index contributed by atoms with van der Waals surface area (Å²) in [5.41, 5.74) is 6.01. The number of benzene rings is 1. The minimum atomic E-state index is -0.355. The second kappa shape index (κ2) is 7.55. The van der Waals surface area contributed by atoms with Crippen molar-refractivity contribution in [3.8, 4) is 5.69 Å². The Kier molecular flexibility index (Phi) is 5.22. The quantitative estimate of drug-likeness (QED) is 0.849. The van der Waals surface area contributed by atoms with E-state index in [1.54, 1.807) is 4.68 Å². The molecule has 1 atom stereocenters. The third-order valence-corrected chi connectivity index (χ3v) is 4.04. The lowest BCUT2D eigenvalue weighted by Crippen LogP contribution is -2.34. The summed E-state index contributed by atoms with van der Waals surface area (Å²) >= 11 is 0. The maximum absolute atomic E-state index is 12.0. The highest BCUT2D eigenvalue weighted by atomic mass is 16.8. The molecule has 7 heteroatoms. The zero-order valence-corrected chi connectivity index (χ0v) is 14.0. The second-order valence-corrected chi connectivity index (χ2v) is 5.98. The van der Waals surface area contributed by atoms with Crippen LogP contribution in [-0.4, -0.2) is 33.8 Å². The van der Waals surface area contributed by atoms with Gasteiger partial charge in [0, 0.05) is 13.0 Å². The molecule has 2 heterocycles. The summed E-state index contributed by atoms with van der Waals surface area (Å²) in [4.78, 5) is 17.3. The average Bonchev–Trinajstić information content (AvgIpc) is 2.95.